The highest BCUT2D eigenvalue weighted by molar-refractivity contribution is 7.80. The number of β-amino-alcohol motifs (C(OH)–C–C–N with tert-alkyl or cyclic N) is 1. The molecule has 0 aliphatic carbocycles. The van der Waals surface area contributed by atoms with Crippen molar-refractivity contribution < 1.29 is 5.11 Å². The van der Waals surface area contributed by atoms with E-state index in [1.165, 1.54) is 0 Å². The van der Waals surface area contributed by atoms with Crippen LogP contribution in [0.1, 0.15) is 13.3 Å². The second-order valence-electron chi connectivity index (χ2n) is 3.87. The molecule has 76 valence electrons. The van der Waals surface area contributed by atoms with Gasteiger partial charge in [0.1, 0.15) is 0 Å². The van der Waals surface area contributed by atoms with E-state index in [9.17, 15) is 5.11 Å². The van der Waals surface area contributed by atoms with Gasteiger partial charge in [-0.05, 0) is 12.3 Å². The molecular formula is C10H19NOS. The summed E-state index contributed by atoms with van der Waals surface area (Å²) in [6, 6.07) is 0. The van der Waals surface area contributed by atoms with Crippen molar-refractivity contribution in [3.63, 3.8) is 0 Å². The summed E-state index contributed by atoms with van der Waals surface area (Å²) in [6.45, 7) is 5.06. The van der Waals surface area contributed by atoms with Crippen molar-refractivity contribution in [3.8, 4) is 0 Å². The molecule has 0 radical (unpaired) electrons. The van der Waals surface area contributed by atoms with Gasteiger partial charge >= 0.3 is 0 Å². The maximum atomic E-state index is 9.53. The van der Waals surface area contributed by atoms with Crippen molar-refractivity contribution in [2.24, 2.45) is 5.92 Å². The van der Waals surface area contributed by atoms with E-state index in [0.29, 0.717) is 5.92 Å². The molecule has 2 unspecified atom stereocenters. The Labute approximate surface area is 86.0 Å². The van der Waals surface area contributed by atoms with Gasteiger partial charge in [0, 0.05) is 25.4 Å². The molecule has 0 bridgehead atoms. The lowest BCUT2D eigenvalue weighted by molar-refractivity contribution is 0.0508. The fourth-order valence-electron chi connectivity index (χ4n) is 1.87. The number of aliphatic hydroxyl groups excluding tert-OH is 1. The lowest BCUT2D eigenvalue weighted by atomic mass is 9.98. The Morgan fingerprint density at radius 3 is 2.85 bits per heavy atom. The number of hydrogen-bond acceptors (Lipinski definition) is 3. The van der Waals surface area contributed by atoms with Crippen LogP contribution in [0.3, 0.4) is 0 Å². The zero-order valence-electron chi connectivity index (χ0n) is 8.19. The summed E-state index contributed by atoms with van der Waals surface area (Å²) in [5.41, 5.74) is 0. The summed E-state index contributed by atoms with van der Waals surface area (Å²) >= 11 is 4.10. The van der Waals surface area contributed by atoms with Crippen LogP contribution in [0.2, 0.25) is 0 Å². The summed E-state index contributed by atoms with van der Waals surface area (Å²) in [6.07, 6.45) is 4.99. The van der Waals surface area contributed by atoms with Crippen LogP contribution in [0.25, 0.3) is 0 Å². The third kappa shape index (κ3) is 4.16. The van der Waals surface area contributed by atoms with Gasteiger partial charge in [-0.15, -0.1) is 0 Å². The second-order valence-corrected chi connectivity index (χ2v) is 4.23. The van der Waals surface area contributed by atoms with Crippen molar-refractivity contribution in [2.45, 2.75) is 19.4 Å². The van der Waals surface area contributed by atoms with Crippen LogP contribution >= 0.6 is 12.6 Å². The molecule has 0 aromatic rings. The Bertz CT molecular complexity index is 162. The van der Waals surface area contributed by atoms with Gasteiger partial charge in [-0.3, -0.25) is 4.90 Å². The van der Waals surface area contributed by atoms with E-state index in [2.05, 4.69) is 36.6 Å². The van der Waals surface area contributed by atoms with Gasteiger partial charge in [0.15, 0.2) is 0 Å². The van der Waals surface area contributed by atoms with Crippen molar-refractivity contribution >= 4 is 12.6 Å². The zero-order chi connectivity index (χ0) is 9.68. The number of nitrogens with zero attached hydrogens (tertiary/aromatic N) is 1. The molecule has 1 saturated heterocycles. The molecule has 13 heavy (non-hydrogen) atoms. The molecule has 0 aromatic carbocycles. The summed E-state index contributed by atoms with van der Waals surface area (Å²) in [5.74, 6) is 1.42. The fourth-order valence-corrected chi connectivity index (χ4v) is 2.02. The minimum Gasteiger partial charge on any atom is -0.392 e. The van der Waals surface area contributed by atoms with Crippen LogP contribution in [0.4, 0.5) is 0 Å². The molecule has 2 atom stereocenters. The van der Waals surface area contributed by atoms with Gasteiger partial charge in [-0.2, -0.15) is 12.6 Å². The predicted octanol–water partition coefficient (Wildman–Crippen LogP) is 1.18. The third-order valence-corrected chi connectivity index (χ3v) is 2.56. The van der Waals surface area contributed by atoms with Gasteiger partial charge in [0.2, 0.25) is 0 Å². The van der Waals surface area contributed by atoms with Crippen LogP contribution in [-0.2, 0) is 0 Å². The van der Waals surface area contributed by atoms with E-state index in [4.69, 9.17) is 0 Å². The first kappa shape index (κ1) is 11.1. The monoisotopic (exact) mass is 201 g/mol. The molecule has 1 aliphatic heterocycles. The molecule has 0 amide bonds. The van der Waals surface area contributed by atoms with E-state index in [1.54, 1.807) is 0 Å². The van der Waals surface area contributed by atoms with Crippen molar-refractivity contribution in [3.05, 3.63) is 12.2 Å². The number of thiol groups is 1. The molecule has 1 N–H and O–H groups in total. The van der Waals surface area contributed by atoms with E-state index in [-0.39, 0.29) is 6.10 Å². The molecule has 2 nitrogen and oxygen atoms in total. The normalized spacial score (nSPS) is 31.3. The minimum absolute atomic E-state index is 0.131. The average Bonchev–Trinajstić information content (AvgIpc) is 2.03. The largest absolute Gasteiger partial charge is 0.392 e. The molecule has 1 fully saturated rings. The Kier molecular flexibility index (Phi) is 4.84. The molecule has 1 rings (SSSR count). The smallest absolute Gasteiger partial charge is 0.0670 e. The Morgan fingerprint density at radius 1 is 1.46 bits per heavy atom. The van der Waals surface area contributed by atoms with E-state index in [1.807, 2.05) is 0 Å². The van der Waals surface area contributed by atoms with Gasteiger partial charge < -0.3 is 5.11 Å². The quantitative estimate of drug-likeness (QED) is 0.529. The van der Waals surface area contributed by atoms with Crippen LogP contribution in [0.15, 0.2) is 12.2 Å². The number of rotatable bonds is 3. The number of likely N-dealkylation sites (tertiary alicyclic amines) is 1. The molecule has 0 saturated carbocycles. The average molecular weight is 201 g/mol. The van der Waals surface area contributed by atoms with Gasteiger partial charge in [0.25, 0.3) is 0 Å². The van der Waals surface area contributed by atoms with E-state index in [0.717, 1.165) is 31.8 Å². The molecule has 0 spiro atoms. The standard InChI is InChI=1S/C10H19NOS/c1-9-6-10(12)8-11(7-9)4-2-3-5-13/h2-3,9-10,12-13H,4-8H2,1H3/b3-2+. The van der Waals surface area contributed by atoms with Crippen molar-refractivity contribution in [1.29, 1.82) is 0 Å². The van der Waals surface area contributed by atoms with Crippen molar-refractivity contribution in [1.82, 2.24) is 4.90 Å². The molecular weight excluding hydrogens is 182 g/mol. The van der Waals surface area contributed by atoms with Crippen LogP contribution in [0.5, 0.6) is 0 Å². The molecule has 1 aliphatic rings. The number of aliphatic hydroxyl groups is 1. The third-order valence-electron chi connectivity index (χ3n) is 2.35. The number of piperidine rings is 1. The Hall–Kier alpha value is 0.01000. The SMILES string of the molecule is CC1CC(O)CN(C/C=C/CS)C1. The first-order valence-electron chi connectivity index (χ1n) is 4.88. The van der Waals surface area contributed by atoms with E-state index >= 15 is 0 Å². The maximum absolute atomic E-state index is 9.53. The highest BCUT2D eigenvalue weighted by atomic mass is 32.1. The van der Waals surface area contributed by atoms with Crippen LogP contribution < -0.4 is 0 Å². The van der Waals surface area contributed by atoms with Crippen molar-refractivity contribution in [2.75, 3.05) is 25.4 Å². The van der Waals surface area contributed by atoms with Crippen LogP contribution in [-0.4, -0.2) is 41.5 Å². The first-order valence-corrected chi connectivity index (χ1v) is 5.52. The van der Waals surface area contributed by atoms with Crippen LogP contribution in [0, 0.1) is 5.92 Å². The summed E-state index contributed by atoms with van der Waals surface area (Å²) < 4.78 is 0. The summed E-state index contributed by atoms with van der Waals surface area (Å²) in [5, 5.41) is 9.53. The predicted molar refractivity (Wildman–Crippen MR) is 59.2 cm³/mol. The molecule has 0 aromatic heterocycles. The maximum Gasteiger partial charge on any atom is 0.0670 e. The first-order chi connectivity index (χ1) is 6.22. The Morgan fingerprint density at radius 2 is 2.23 bits per heavy atom. The highest BCUT2D eigenvalue weighted by Crippen LogP contribution is 2.15. The molecule has 3 heteroatoms. The van der Waals surface area contributed by atoms with Gasteiger partial charge in [-0.1, -0.05) is 19.1 Å². The summed E-state index contributed by atoms with van der Waals surface area (Å²) in [4.78, 5) is 2.29. The Balaban J connectivity index is 2.28. The highest BCUT2D eigenvalue weighted by Gasteiger charge is 2.21. The lowest BCUT2D eigenvalue weighted by Crippen LogP contribution is -2.42. The van der Waals surface area contributed by atoms with Gasteiger partial charge in [0.05, 0.1) is 6.10 Å². The molecule has 1 heterocycles. The minimum atomic E-state index is -0.131. The lowest BCUT2D eigenvalue weighted by Gasteiger charge is -2.33. The topological polar surface area (TPSA) is 23.5 Å². The zero-order valence-corrected chi connectivity index (χ0v) is 9.08. The second kappa shape index (κ2) is 5.68. The van der Waals surface area contributed by atoms with Gasteiger partial charge in [-0.25, -0.2) is 0 Å². The fraction of sp³-hybridized carbons (Fsp3) is 0.800. The van der Waals surface area contributed by atoms with E-state index < -0.39 is 0 Å². The number of hydrogen-bond donors (Lipinski definition) is 2. The summed E-state index contributed by atoms with van der Waals surface area (Å²) in [7, 11) is 0.